The maximum Gasteiger partial charge on any atom is 0.408 e. The molecule has 0 aromatic heterocycles. The van der Waals surface area contributed by atoms with Gasteiger partial charge in [0.25, 0.3) is 0 Å². The van der Waals surface area contributed by atoms with Gasteiger partial charge < -0.3 is 20.5 Å². The Morgan fingerprint density at radius 1 is 0.970 bits per heavy atom. The lowest BCUT2D eigenvalue weighted by atomic mass is 10.1. The van der Waals surface area contributed by atoms with Crippen LogP contribution in [0.3, 0.4) is 0 Å². The zero-order chi connectivity index (χ0) is 25.4. The van der Waals surface area contributed by atoms with E-state index >= 15 is 0 Å². The second kappa shape index (κ2) is 16.4. The van der Waals surface area contributed by atoms with Gasteiger partial charge in [0.15, 0.2) is 0 Å². The Hall–Kier alpha value is -2.22. The fourth-order valence-electron chi connectivity index (χ4n) is 2.61. The minimum absolute atomic E-state index is 0.237. The number of carboxylic acid groups (broad SMARTS) is 1. The van der Waals surface area contributed by atoms with E-state index in [1.807, 2.05) is 0 Å². The third kappa shape index (κ3) is 19.0. The molecule has 0 fully saturated rings. The Morgan fingerprint density at radius 3 is 2.09 bits per heavy atom. The van der Waals surface area contributed by atoms with Gasteiger partial charge in [0.1, 0.15) is 18.2 Å². The minimum atomic E-state index is -1.11. The molecule has 7 nitrogen and oxygen atoms in total. The molecule has 0 aliphatic carbocycles. The van der Waals surface area contributed by atoms with Gasteiger partial charge in [0.05, 0.1) is 0 Å². The van der Waals surface area contributed by atoms with E-state index in [0.29, 0.717) is 5.75 Å². The summed E-state index contributed by atoms with van der Waals surface area (Å²) in [6.45, 7) is 13.3. The quantitative estimate of drug-likeness (QED) is 0.231. The highest BCUT2D eigenvalue weighted by Crippen LogP contribution is 2.13. The number of ether oxygens (including phenoxy) is 1. The first-order valence-electron chi connectivity index (χ1n) is 11.3. The van der Waals surface area contributed by atoms with Gasteiger partial charge >= 0.3 is 12.1 Å². The molecule has 0 heterocycles. The van der Waals surface area contributed by atoms with E-state index in [9.17, 15) is 19.5 Å². The number of nitrogens with one attached hydrogen (secondary N) is 2. The van der Waals surface area contributed by atoms with Gasteiger partial charge in [0, 0.05) is 11.5 Å². The SMILES string of the molecule is CC(C)=CCCC(C)=CCCC(C)=CCSC[C@H](NC(=O)CNC(=O)OC(C)(C)C)C(=O)O. The highest BCUT2D eigenvalue weighted by atomic mass is 32.2. The Balaban J connectivity index is 4.30. The van der Waals surface area contributed by atoms with Crippen molar-refractivity contribution in [3.63, 3.8) is 0 Å². The van der Waals surface area contributed by atoms with Crippen LogP contribution in [0, 0.1) is 0 Å². The average Bonchev–Trinajstić information content (AvgIpc) is 2.67. The molecule has 0 radical (unpaired) electrons. The van der Waals surface area contributed by atoms with Gasteiger partial charge in [-0.2, -0.15) is 11.8 Å². The number of hydrogen-bond acceptors (Lipinski definition) is 5. The van der Waals surface area contributed by atoms with Gasteiger partial charge in [-0.3, -0.25) is 4.79 Å². The summed E-state index contributed by atoms with van der Waals surface area (Å²) in [5.74, 6) is -0.777. The van der Waals surface area contributed by atoms with E-state index in [1.165, 1.54) is 28.5 Å². The van der Waals surface area contributed by atoms with Crippen molar-refractivity contribution in [3.8, 4) is 0 Å². The number of carboxylic acids is 1. The summed E-state index contributed by atoms with van der Waals surface area (Å²) in [6, 6.07) is -1.02. The van der Waals surface area contributed by atoms with Gasteiger partial charge in [-0.1, -0.05) is 34.9 Å². The molecule has 0 saturated heterocycles. The van der Waals surface area contributed by atoms with E-state index in [1.54, 1.807) is 20.8 Å². The number of carbonyl (C=O) groups excluding carboxylic acids is 2. The van der Waals surface area contributed by atoms with E-state index in [-0.39, 0.29) is 12.3 Å². The maximum absolute atomic E-state index is 12.0. The van der Waals surface area contributed by atoms with Crippen molar-refractivity contribution >= 4 is 29.7 Å². The van der Waals surface area contributed by atoms with Gasteiger partial charge in [-0.15, -0.1) is 0 Å². The summed E-state index contributed by atoms with van der Waals surface area (Å²) in [7, 11) is 0. The normalized spacial score (nSPS) is 13.2. The highest BCUT2D eigenvalue weighted by molar-refractivity contribution is 7.99. The topological polar surface area (TPSA) is 105 Å². The zero-order valence-electron chi connectivity index (χ0n) is 21.2. The highest BCUT2D eigenvalue weighted by Gasteiger charge is 2.21. The van der Waals surface area contributed by atoms with Crippen molar-refractivity contribution in [1.29, 1.82) is 0 Å². The Morgan fingerprint density at radius 2 is 1.55 bits per heavy atom. The van der Waals surface area contributed by atoms with Crippen molar-refractivity contribution in [2.24, 2.45) is 0 Å². The van der Waals surface area contributed by atoms with Crippen LogP contribution in [-0.4, -0.2) is 52.8 Å². The first-order chi connectivity index (χ1) is 15.3. The number of rotatable bonds is 14. The number of thioether (sulfide) groups is 1. The van der Waals surface area contributed by atoms with E-state index in [4.69, 9.17) is 4.74 Å². The molecule has 0 aromatic rings. The van der Waals surface area contributed by atoms with Crippen LogP contribution in [0.1, 0.15) is 74.1 Å². The van der Waals surface area contributed by atoms with Crippen LogP contribution >= 0.6 is 11.8 Å². The zero-order valence-corrected chi connectivity index (χ0v) is 22.1. The fourth-order valence-corrected chi connectivity index (χ4v) is 3.61. The monoisotopic (exact) mass is 482 g/mol. The lowest BCUT2D eigenvalue weighted by Crippen LogP contribution is -2.47. The summed E-state index contributed by atoms with van der Waals surface area (Å²) in [4.78, 5) is 35.0. The number of allylic oxidation sites excluding steroid dienone is 5. The summed E-state index contributed by atoms with van der Waals surface area (Å²) in [5, 5.41) is 14.1. The van der Waals surface area contributed by atoms with E-state index in [2.05, 4.69) is 56.6 Å². The number of carbonyl (C=O) groups is 3. The second-order valence-electron chi connectivity index (χ2n) is 9.31. The van der Waals surface area contributed by atoms with Gasteiger partial charge in [0.2, 0.25) is 5.91 Å². The van der Waals surface area contributed by atoms with E-state index in [0.717, 1.165) is 25.7 Å². The average molecular weight is 483 g/mol. The molecule has 8 heteroatoms. The summed E-state index contributed by atoms with van der Waals surface area (Å²) >= 11 is 1.44. The smallest absolute Gasteiger partial charge is 0.408 e. The molecule has 188 valence electrons. The predicted octanol–water partition coefficient (Wildman–Crippen LogP) is 5.23. The van der Waals surface area contributed by atoms with Crippen molar-refractivity contribution in [2.45, 2.75) is 85.8 Å². The molecule has 0 unspecified atom stereocenters. The minimum Gasteiger partial charge on any atom is -0.480 e. The molecule has 0 rings (SSSR count). The Labute approximate surface area is 203 Å². The number of alkyl carbamates (subject to hydrolysis) is 1. The summed E-state index contributed by atoms with van der Waals surface area (Å²) in [6.07, 6.45) is 10.0. The Kier molecular flexibility index (Phi) is 15.3. The predicted molar refractivity (Wildman–Crippen MR) is 137 cm³/mol. The fraction of sp³-hybridized carbons (Fsp3) is 0.640. The maximum atomic E-state index is 12.0. The molecule has 0 aromatic carbocycles. The first kappa shape index (κ1) is 30.8. The number of aliphatic carboxylic acids is 1. The van der Waals surface area contributed by atoms with Gasteiger partial charge in [-0.25, -0.2) is 9.59 Å². The summed E-state index contributed by atoms with van der Waals surface area (Å²) < 4.78 is 5.05. The molecule has 2 amide bonds. The molecule has 0 saturated carbocycles. The molecule has 0 bridgehead atoms. The number of amides is 2. The molecule has 0 aliphatic heterocycles. The Bertz CT molecular complexity index is 732. The third-order valence-corrected chi connectivity index (χ3v) is 5.35. The van der Waals surface area contributed by atoms with Crippen LogP contribution in [0.15, 0.2) is 34.9 Å². The molecule has 33 heavy (non-hydrogen) atoms. The van der Waals surface area contributed by atoms with Crippen molar-refractivity contribution in [3.05, 3.63) is 34.9 Å². The lowest BCUT2D eigenvalue weighted by Gasteiger charge is -2.20. The van der Waals surface area contributed by atoms with Crippen molar-refractivity contribution < 1.29 is 24.2 Å². The van der Waals surface area contributed by atoms with Crippen LogP contribution in [0.2, 0.25) is 0 Å². The number of hydrogen-bond donors (Lipinski definition) is 3. The molecule has 3 N–H and O–H groups in total. The largest absolute Gasteiger partial charge is 0.480 e. The molecule has 1 atom stereocenters. The van der Waals surface area contributed by atoms with E-state index < -0.39 is 29.6 Å². The molecular formula is C25H42N2O5S. The van der Waals surface area contributed by atoms with Crippen LogP contribution in [0.5, 0.6) is 0 Å². The second-order valence-corrected chi connectivity index (χ2v) is 10.4. The van der Waals surface area contributed by atoms with Crippen LogP contribution in [-0.2, 0) is 14.3 Å². The van der Waals surface area contributed by atoms with Crippen molar-refractivity contribution in [1.82, 2.24) is 10.6 Å². The van der Waals surface area contributed by atoms with Gasteiger partial charge in [-0.05, 0) is 74.1 Å². The summed E-state index contributed by atoms with van der Waals surface area (Å²) in [5.41, 5.74) is 3.33. The van der Waals surface area contributed by atoms with Crippen LogP contribution < -0.4 is 10.6 Å². The van der Waals surface area contributed by atoms with Crippen LogP contribution in [0.4, 0.5) is 4.79 Å². The third-order valence-electron chi connectivity index (χ3n) is 4.38. The first-order valence-corrected chi connectivity index (χ1v) is 12.5. The molecule has 0 aliphatic rings. The van der Waals surface area contributed by atoms with Crippen LogP contribution in [0.25, 0.3) is 0 Å². The lowest BCUT2D eigenvalue weighted by molar-refractivity contribution is -0.140. The molecule has 0 spiro atoms. The molecular weight excluding hydrogens is 440 g/mol. The standard InChI is InChI=1S/C25H42N2O5S/c1-18(2)10-8-11-19(3)12-9-13-20(4)14-15-33-17-21(23(29)30)27-22(28)16-26-24(31)32-25(5,6)7/h10,12,14,21H,8-9,11,13,15-17H2,1-7H3,(H,26,31)(H,27,28)(H,29,30)/t21-/m0/s1. The van der Waals surface area contributed by atoms with Crippen molar-refractivity contribution in [2.75, 3.05) is 18.1 Å².